The van der Waals surface area contributed by atoms with Crippen molar-refractivity contribution in [1.82, 2.24) is 0 Å². The fourth-order valence-electron chi connectivity index (χ4n) is 2.88. The summed E-state index contributed by atoms with van der Waals surface area (Å²) in [5.74, 6) is 0.692. The highest BCUT2D eigenvalue weighted by Gasteiger charge is 2.26. The van der Waals surface area contributed by atoms with Crippen LogP contribution in [0, 0.1) is 0 Å². The van der Waals surface area contributed by atoms with E-state index in [4.69, 9.17) is 0 Å². The minimum Gasteiger partial charge on any atom is -0.381 e. The maximum absolute atomic E-state index is 12.0. The van der Waals surface area contributed by atoms with Gasteiger partial charge in [0.2, 0.25) is 0 Å². The Hall–Kier alpha value is -0.880. The summed E-state index contributed by atoms with van der Waals surface area (Å²) in [6.07, 6.45) is 5.11. The number of rotatable bonds is 5. The smallest absolute Gasteiger partial charge is 0.177 e. The Kier molecular flexibility index (Phi) is 5.43. The molecular weight excluding hydrogens is 306 g/mol. The van der Waals surface area contributed by atoms with E-state index in [9.17, 15) is 12.6 Å². The molecule has 21 heavy (non-hydrogen) atoms. The van der Waals surface area contributed by atoms with Crippen LogP contribution in [0.3, 0.4) is 0 Å². The van der Waals surface area contributed by atoms with Crippen LogP contribution < -0.4 is 5.32 Å². The largest absolute Gasteiger partial charge is 0.381 e. The average molecular weight is 329 g/mol. The summed E-state index contributed by atoms with van der Waals surface area (Å²) in [4.78, 5) is 0.337. The highest BCUT2D eigenvalue weighted by atomic mass is 32.2. The van der Waals surface area contributed by atoms with E-state index < -0.39 is 20.6 Å². The predicted molar refractivity (Wildman–Crippen MR) is 87.9 cm³/mol. The molecule has 0 aliphatic heterocycles. The van der Waals surface area contributed by atoms with E-state index in [1.807, 2.05) is 13.0 Å². The molecule has 3 atom stereocenters. The maximum atomic E-state index is 12.0. The molecule has 118 valence electrons. The fraction of sp³-hybridized carbons (Fsp3) is 0.600. The minimum atomic E-state index is -3.24. The van der Waals surface area contributed by atoms with Crippen molar-refractivity contribution in [1.29, 1.82) is 0 Å². The van der Waals surface area contributed by atoms with Crippen LogP contribution in [0.5, 0.6) is 0 Å². The number of hydrogen-bond acceptors (Lipinski definition) is 4. The van der Waals surface area contributed by atoms with Crippen LogP contribution in [0.25, 0.3) is 0 Å². The number of para-hydroxylation sites is 1. The minimum absolute atomic E-state index is 0.196. The van der Waals surface area contributed by atoms with Crippen LogP contribution in [0.2, 0.25) is 0 Å². The first-order chi connectivity index (χ1) is 9.91. The Bertz CT molecular complexity index is 613. The lowest BCUT2D eigenvalue weighted by atomic mass is 9.95. The van der Waals surface area contributed by atoms with Crippen LogP contribution in [-0.2, 0) is 20.6 Å². The van der Waals surface area contributed by atoms with Gasteiger partial charge in [0.25, 0.3) is 0 Å². The summed E-state index contributed by atoms with van der Waals surface area (Å²) in [6, 6.07) is 7.19. The van der Waals surface area contributed by atoms with Gasteiger partial charge in [0.05, 0.1) is 10.6 Å². The molecule has 0 radical (unpaired) electrons. The van der Waals surface area contributed by atoms with Crippen molar-refractivity contribution in [2.45, 2.75) is 48.8 Å². The molecule has 1 aliphatic rings. The Morgan fingerprint density at radius 1 is 1.29 bits per heavy atom. The zero-order chi connectivity index (χ0) is 15.5. The number of anilines is 1. The van der Waals surface area contributed by atoms with Crippen molar-refractivity contribution >= 4 is 26.3 Å². The van der Waals surface area contributed by atoms with E-state index in [1.165, 1.54) is 6.26 Å². The first-order valence-corrected chi connectivity index (χ1v) is 10.6. The Labute approximate surface area is 129 Å². The van der Waals surface area contributed by atoms with Crippen molar-refractivity contribution < 1.29 is 12.6 Å². The third-order valence-electron chi connectivity index (χ3n) is 3.93. The topological polar surface area (TPSA) is 63.2 Å². The highest BCUT2D eigenvalue weighted by molar-refractivity contribution is 7.90. The van der Waals surface area contributed by atoms with Crippen molar-refractivity contribution in [3.8, 4) is 0 Å². The van der Waals surface area contributed by atoms with E-state index in [-0.39, 0.29) is 11.3 Å². The van der Waals surface area contributed by atoms with Crippen molar-refractivity contribution in [3.63, 3.8) is 0 Å². The van der Waals surface area contributed by atoms with Gasteiger partial charge >= 0.3 is 0 Å². The Morgan fingerprint density at radius 3 is 2.67 bits per heavy atom. The lowest BCUT2D eigenvalue weighted by Crippen LogP contribution is -2.33. The van der Waals surface area contributed by atoms with Gasteiger partial charge < -0.3 is 5.32 Å². The summed E-state index contributed by atoms with van der Waals surface area (Å²) in [5, 5.41) is 3.58. The molecule has 0 amide bonds. The third-order valence-corrected chi connectivity index (χ3v) is 6.82. The van der Waals surface area contributed by atoms with Gasteiger partial charge in [-0.1, -0.05) is 25.5 Å². The normalized spacial score (nSPS) is 24.5. The van der Waals surface area contributed by atoms with Crippen molar-refractivity contribution in [2.75, 3.05) is 17.3 Å². The molecule has 0 aromatic heterocycles. The molecule has 3 unspecified atom stereocenters. The molecule has 4 nitrogen and oxygen atoms in total. The molecule has 1 N–H and O–H groups in total. The standard InChI is InChI=1S/C15H23NO3S2/c1-3-20(17)13-8-6-7-12(11-13)16-14-9-4-5-10-15(14)21(2,18)19/h4-5,9-10,12-13,16H,3,6-8,11H2,1-2H3. The molecule has 0 spiro atoms. The van der Waals surface area contributed by atoms with Gasteiger partial charge in [-0.25, -0.2) is 8.42 Å². The fourth-order valence-corrected chi connectivity index (χ4v) is 5.08. The zero-order valence-electron chi connectivity index (χ0n) is 12.5. The molecule has 0 saturated heterocycles. The quantitative estimate of drug-likeness (QED) is 0.902. The zero-order valence-corrected chi connectivity index (χ0v) is 14.2. The Balaban J connectivity index is 2.14. The third kappa shape index (κ3) is 4.30. The van der Waals surface area contributed by atoms with E-state index in [1.54, 1.807) is 18.2 Å². The molecule has 6 heteroatoms. The molecule has 2 rings (SSSR count). The summed E-state index contributed by atoms with van der Waals surface area (Å²) < 4.78 is 35.6. The second-order valence-corrected chi connectivity index (χ2v) is 9.56. The average Bonchev–Trinajstić information content (AvgIpc) is 2.46. The van der Waals surface area contributed by atoms with Gasteiger partial charge in [-0.2, -0.15) is 0 Å². The molecule has 0 heterocycles. The first-order valence-electron chi connectivity index (χ1n) is 7.34. The highest BCUT2D eigenvalue weighted by Crippen LogP contribution is 2.28. The lowest BCUT2D eigenvalue weighted by molar-refractivity contribution is 0.464. The molecule has 1 fully saturated rings. The van der Waals surface area contributed by atoms with Gasteiger partial charge in [0.1, 0.15) is 0 Å². The first kappa shape index (κ1) is 16.5. The number of hydrogen-bond donors (Lipinski definition) is 1. The van der Waals surface area contributed by atoms with Gasteiger partial charge in [-0.05, 0) is 31.4 Å². The van der Waals surface area contributed by atoms with Crippen LogP contribution in [-0.4, -0.2) is 35.9 Å². The van der Waals surface area contributed by atoms with Crippen LogP contribution in [0.4, 0.5) is 5.69 Å². The molecule has 1 aromatic carbocycles. The number of sulfone groups is 1. The lowest BCUT2D eigenvalue weighted by Gasteiger charge is -2.30. The molecule has 1 saturated carbocycles. The van der Waals surface area contributed by atoms with Crippen LogP contribution in [0.1, 0.15) is 32.6 Å². The van der Waals surface area contributed by atoms with E-state index in [0.29, 0.717) is 16.3 Å². The van der Waals surface area contributed by atoms with E-state index in [2.05, 4.69) is 5.32 Å². The van der Waals surface area contributed by atoms with Crippen molar-refractivity contribution in [2.24, 2.45) is 0 Å². The van der Waals surface area contributed by atoms with Gasteiger partial charge in [0, 0.05) is 34.1 Å². The summed E-state index contributed by atoms with van der Waals surface area (Å²) in [5.41, 5.74) is 0.660. The second-order valence-electron chi connectivity index (χ2n) is 5.57. The van der Waals surface area contributed by atoms with E-state index >= 15 is 0 Å². The Morgan fingerprint density at radius 2 is 2.00 bits per heavy atom. The monoisotopic (exact) mass is 329 g/mol. The number of nitrogens with one attached hydrogen (secondary N) is 1. The number of benzene rings is 1. The summed E-state index contributed by atoms with van der Waals surface area (Å²) >= 11 is 0. The second kappa shape index (κ2) is 6.92. The van der Waals surface area contributed by atoms with Gasteiger partial charge in [0.15, 0.2) is 9.84 Å². The van der Waals surface area contributed by atoms with Crippen LogP contribution in [0.15, 0.2) is 29.2 Å². The van der Waals surface area contributed by atoms with E-state index in [0.717, 1.165) is 25.7 Å². The SMILES string of the molecule is CCS(=O)C1CCCC(Nc2ccccc2S(C)(=O)=O)C1. The molecule has 1 aromatic rings. The van der Waals surface area contributed by atoms with Gasteiger partial charge in [-0.3, -0.25) is 4.21 Å². The predicted octanol–water partition coefficient (Wildman–Crippen LogP) is 2.58. The maximum Gasteiger partial charge on any atom is 0.177 e. The molecule has 0 bridgehead atoms. The summed E-state index contributed by atoms with van der Waals surface area (Å²) in [7, 11) is -4.01. The summed E-state index contributed by atoms with van der Waals surface area (Å²) in [6.45, 7) is 1.95. The van der Waals surface area contributed by atoms with Gasteiger partial charge in [-0.15, -0.1) is 0 Å². The molecule has 1 aliphatic carbocycles. The van der Waals surface area contributed by atoms with Crippen LogP contribution >= 0.6 is 0 Å². The van der Waals surface area contributed by atoms with Crippen molar-refractivity contribution in [3.05, 3.63) is 24.3 Å². The molecular formula is C15H23NO3S2.